The number of phenolic OH excluding ortho intramolecular Hbond substituents is 1. The Balaban J connectivity index is 3.16. The van der Waals surface area contributed by atoms with E-state index < -0.39 is 28.6 Å². The van der Waals surface area contributed by atoms with Gasteiger partial charge in [0.2, 0.25) is 0 Å². The quantitative estimate of drug-likeness (QED) is 0.284. The van der Waals surface area contributed by atoms with Crippen LogP contribution in [0.1, 0.15) is 37.0 Å². The molecule has 1 rings (SSSR count). The molecular weight excluding hydrogens is 265 g/mol. The maximum Gasteiger partial charge on any atom is 0.258 e. The number of rotatable bonds is 5. The van der Waals surface area contributed by atoms with Crippen molar-refractivity contribution in [3.63, 3.8) is 0 Å². The van der Waals surface area contributed by atoms with E-state index in [0.29, 0.717) is 12.8 Å². The van der Waals surface area contributed by atoms with E-state index in [1.807, 2.05) is 0 Å². The number of oxime groups is 1. The maximum atomic E-state index is 13.6. The molecule has 0 aliphatic heterocycles. The van der Waals surface area contributed by atoms with E-state index in [-0.39, 0.29) is 5.84 Å². The first-order valence-corrected chi connectivity index (χ1v) is 6.19. The molecule has 0 spiro atoms. The van der Waals surface area contributed by atoms with Crippen molar-refractivity contribution < 1.29 is 19.5 Å². The lowest BCUT2D eigenvalue weighted by atomic mass is 9.91. The van der Waals surface area contributed by atoms with Crippen molar-refractivity contribution in [3.05, 3.63) is 29.6 Å². The highest BCUT2D eigenvalue weighted by Gasteiger charge is 2.34. The smallest absolute Gasteiger partial charge is 0.258 e. The minimum absolute atomic E-state index is 0.174. The van der Waals surface area contributed by atoms with E-state index >= 15 is 0 Å². The van der Waals surface area contributed by atoms with Gasteiger partial charge in [-0.3, -0.25) is 4.79 Å². The van der Waals surface area contributed by atoms with Crippen LogP contribution in [0.3, 0.4) is 0 Å². The summed E-state index contributed by atoms with van der Waals surface area (Å²) in [6.45, 7) is 3.48. The first-order chi connectivity index (χ1) is 9.41. The van der Waals surface area contributed by atoms with E-state index in [2.05, 4.69) is 10.5 Å². The zero-order valence-electron chi connectivity index (χ0n) is 11.4. The summed E-state index contributed by atoms with van der Waals surface area (Å²) < 4.78 is 13.6. The summed E-state index contributed by atoms with van der Waals surface area (Å²) in [6.07, 6.45) is 0.695. The highest BCUT2D eigenvalue weighted by Crippen LogP contribution is 2.22. The molecule has 5 N–H and O–H groups in total. The fourth-order valence-corrected chi connectivity index (χ4v) is 1.97. The second-order valence-electron chi connectivity index (χ2n) is 4.36. The Morgan fingerprint density at radius 2 is 2.05 bits per heavy atom. The second-order valence-corrected chi connectivity index (χ2v) is 4.36. The zero-order valence-corrected chi connectivity index (χ0v) is 11.4. The normalized spacial score (nSPS) is 12.2. The molecule has 0 fully saturated rings. The van der Waals surface area contributed by atoms with Gasteiger partial charge in [0.1, 0.15) is 22.7 Å². The molecule has 20 heavy (non-hydrogen) atoms. The highest BCUT2D eigenvalue weighted by molar-refractivity contribution is 6.01. The van der Waals surface area contributed by atoms with Crippen LogP contribution >= 0.6 is 0 Å². The van der Waals surface area contributed by atoms with Crippen molar-refractivity contribution in [1.82, 2.24) is 5.32 Å². The molecule has 1 amide bonds. The molecule has 0 heterocycles. The number of hydrogen-bond donors (Lipinski definition) is 4. The number of nitrogens with two attached hydrogens (primary N) is 1. The fourth-order valence-electron chi connectivity index (χ4n) is 1.97. The third-order valence-corrected chi connectivity index (χ3v) is 3.38. The van der Waals surface area contributed by atoms with Crippen LogP contribution in [0.25, 0.3) is 0 Å². The van der Waals surface area contributed by atoms with Crippen LogP contribution in [0.5, 0.6) is 5.75 Å². The van der Waals surface area contributed by atoms with Gasteiger partial charge in [0.05, 0.1) is 0 Å². The van der Waals surface area contributed by atoms with Crippen molar-refractivity contribution in [3.8, 4) is 5.75 Å². The average Bonchev–Trinajstić information content (AvgIpc) is 2.43. The second kappa shape index (κ2) is 6.23. The standard InChI is InChI=1S/C13H18FN3O3/c1-3-13(4-2,12(15)17-20)16-11(19)10-8(14)6-5-7-9(10)18/h5-7,18,20H,3-4H2,1-2H3,(H2,15,17)(H,16,19). The summed E-state index contributed by atoms with van der Waals surface area (Å²) in [5.74, 6) is -2.31. The Morgan fingerprint density at radius 3 is 2.50 bits per heavy atom. The number of nitrogens with zero attached hydrogens (tertiary/aromatic N) is 1. The van der Waals surface area contributed by atoms with Crippen molar-refractivity contribution >= 4 is 11.7 Å². The lowest BCUT2D eigenvalue weighted by Crippen LogP contribution is -2.57. The minimum atomic E-state index is -1.10. The SMILES string of the molecule is CCC(CC)(NC(=O)c1c(O)cccc1F)/C(N)=N/O. The molecule has 1 aromatic rings. The molecular formula is C13H18FN3O3. The van der Waals surface area contributed by atoms with Crippen molar-refractivity contribution in [2.24, 2.45) is 10.9 Å². The molecule has 1 aromatic carbocycles. The third-order valence-electron chi connectivity index (χ3n) is 3.38. The summed E-state index contributed by atoms with van der Waals surface area (Å²) in [4.78, 5) is 12.1. The van der Waals surface area contributed by atoms with Crippen LogP contribution in [0.15, 0.2) is 23.4 Å². The summed E-state index contributed by atoms with van der Waals surface area (Å²) in [6, 6.07) is 3.57. The third kappa shape index (κ3) is 2.81. The molecule has 0 aliphatic carbocycles. The Hall–Kier alpha value is -2.31. The molecule has 0 saturated heterocycles. The highest BCUT2D eigenvalue weighted by atomic mass is 19.1. The number of carbonyl (C=O) groups excluding carboxylic acids is 1. The van der Waals surface area contributed by atoms with Gasteiger partial charge in [-0.15, -0.1) is 0 Å². The fraction of sp³-hybridized carbons (Fsp3) is 0.385. The summed E-state index contributed by atoms with van der Waals surface area (Å²) in [7, 11) is 0. The number of amides is 1. The Kier molecular flexibility index (Phi) is 4.90. The van der Waals surface area contributed by atoms with Gasteiger partial charge in [-0.1, -0.05) is 25.1 Å². The van der Waals surface area contributed by atoms with Crippen LogP contribution in [0, 0.1) is 5.82 Å². The van der Waals surface area contributed by atoms with Gasteiger partial charge in [0, 0.05) is 0 Å². The number of halogens is 1. The van der Waals surface area contributed by atoms with Gasteiger partial charge in [0.15, 0.2) is 5.84 Å². The molecule has 0 saturated carbocycles. The van der Waals surface area contributed by atoms with Crippen LogP contribution in [0.4, 0.5) is 4.39 Å². The van der Waals surface area contributed by atoms with Crippen LogP contribution in [-0.2, 0) is 0 Å². The van der Waals surface area contributed by atoms with Gasteiger partial charge in [0.25, 0.3) is 5.91 Å². The van der Waals surface area contributed by atoms with Gasteiger partial charge in [-0.2, -0.15) is 0 Å². The minimum Gasteiger partial charge on any atom is -0.507 e. The Bertz CT molecular complexity index is 507. The van der Waals surface area contributed by atoms with Crippen LogP contribution in [-0.4, -0.2) is 27.6 Å². The molecule has 0 bridgehead atoms. The molecule has 0 atom stereocenters. The van der Waals surface area contributed by atoms with Crippen LogP contribution in [0.2, 0.25) is 0 Å². The number of hydrogen-bond acceptors (Lipinski definition) is 4. The summed E-state index contributed by atoms with van der Waals surface area (Å²) in [5.41, 5.74) is 4.04. The molecule has 0 aliphatic rings. The first kappa shape index (κ1) is 15.7. The maximum absolute atomic E-state index is 13.6. The van der Waals surface area contributed by atoms with E-state index in [4.69, 9.17) is 10.9 Å². The number of carbonyl (C=O) groups is 1. The molecule has 6 nitrogen and oxygen atoms in total. The van der Waals surface area contributed by atoms with E-state index in [9.17, 15) is 14.3 Å². The van der Waals surface area contributed by atoms with Crippen molar-refractivity contribution in [1.29, 1.82) is 0 Å². The van der Waals surface area contributed by atoms with Gasteiger partial charge < -0.3 is 21.4 Å². The van der Waals surface area contributed by atoms with Gasteiger partial charge >= 0.3 is 0 Å². The lowest BCUT2D eigenvalue weighted by molar-refractivity contribution is 0.0910. The van der Waals surface area contributed by atoms with Crippen LogP contribution < -0.4 is 11.1 Å². The summed E-state index contributed by atoms with van der Waals surface area (Å²) in [5, 5.41) is 23.8. The Labute approximate surface area is 116 Å². The summed E-state index contributed by atoms with van der Waals surface area (Å²) >= 11 is 0. The monoisotopic (exact) mass is 283 g/mol. The predicted molar refractivity (Wildman–Crippen MR) is 72.3 cm³/mol. The van der Waals surface area contributed by atoms with Crippen molar-refractivity contribution in [2.75, 3.05) is 0 Å². The van der Waals surface area contributed by atoms with E-state index in [0.717, 1.165) is 6.07 Å². The topological polar surface area (TPSA) is 108 Å². The first-order valence-electron chi connectivity index (χ1n) is 6.19. The number of amidine groups is 1. The van der Waals surface area contributed by atoms with Gasteiger partial charge in [-0.25, -0.2) is 4.39 Å². The zero-order chi connectivity index (χ0) is 15.3. The van der Waals surface area contributed by atoms with Gasteiger partial charge in [-0.05, 0) is 25.0 Å². The molecule has 7 heteroatoms. The van der Waals surface area contributed by atoms with E-state index in [1.54, 1.807) is 13.8 Å². The number of benzene rings is 1. The number of aromatic hydroxyl groups is 1. The van der Waals surface area contributed by atoms with E-state index in [1.165, 1.54) is 12.1 Å². The Morgan fingerprint density at radius 1 is 1.45 bits per heavy atom. The molecule has 0 aromatic heterocycles. The molecule has 0 radical (unpaired) electrons. The largest absolute Gasteiger partial charge is 0.507 e. The lowest BCUT2D eigenvalue weighted by Gasteiger charge is -2.31. The molecule has 110 valence electrons. The van der Waals surface area contributed by atoms with Crippen molar-refractivity contribution in [2.45, 2.75) is 32.2 Å². The number of phenols is 1. The number of nitrogens with one attached hydrogen (secondary N) is 1. The molecule has 0 unspecified atom stereocenters. The predicted octanol–water partition coefficient (Wildman–Crippen LogP) is 1.57. The average molecular weight is 283 g/mol.